The van der Waals surface area contributed by atoms with Gasteiger partial charge in [0.2, 0.25) is 0 Å². The van der Waals surface area contributed by atoms with Gasteiger partial charge in [0.25, 0.3) is 0 Å². The highest BCUT2D eigenvalue weighted by atomic mass is 32.2. The average Bonchev–Trinajstić information content (AvgIpc) is 2.93. The van der Waals surface area contributed by atoms with Gasteiger partial charge in [-0.15, -0.1) is 11.8 Å². The van der Waals surface area contributed by atoms with E-state index in [-0.39, 0.29) is 0 Å². The summed E-state index contributed by atoms with van der Waals surface area (Å²) in [5.74, 6) is 0. The van der Waals surface area contributed by atoms with Crippen molar-refractivity contribution in [3.63, 3.8) is 0 Å². The second-order valence-electron chi connectivity index (χ2n) is 5.68. The van der Waals surface area contributed by atoms with E-state index in [2.05, 4.69) is 47.2 Å². The molecule has 2 nitrogen and oxygen atoms in total. The quantitative estimate of drug-likeness (QED) is 0.781. The van der Waals surface area contributed by atoms with Crippen molar-refractivity contribution < 1.29 is 0 Å². The van der Waals surface area contributed by atoms with Gasteiger partial charge >= 0.3 is 0 Å². The Morgan fingerprint density at radius 2 is 2.11 bits per heavy atom. The fourth-order valence-corrected chi connectivity index (χ4v) is 4.21. The number of piperazine rings is 1. The van der Waals surface area contributed by atoms with Gasteiger partial charge in [0.05, 0.1) is 5.69 Å². The summed E-state index contributed by atoms with van der Waals surface area (Å²) >= 11 is 1.87. The van der Waals surface area contributed by atoms with Crippen LogP contribution in [0.15, 0.2) is 29.2 Å². The number of hydrogen-bond donors (Lipinski definition) is 0. The average molecular weight is 276 g/mol. The van der Waals surface area contributed by atoms with Crippen LogP contribution >= 0.6 is 11.8 Å². The zero-order valence-electron chi connectivity index (χ0n) is 12.0. The van der Waals surface area contributed by atoms with Crippen LogP contribution in [-0.2, 0) is 0 Å². The van der Waals surface area contributed by atoms with Crippen LogP contribution in [-0.4, -0.2) is 42.9 Å². The molecular formula is C16H24N2S. The van der Waals surface area contributed by atoms with Crippen LogP contribution in [0.3, 0.4) is 0 Å². The number of anilines is 1. The third-order valence-corrected chi connectivity index (χ3v) is 5.44. The van der Waals surface area contributed by atoms with Gasteiger partial charge in [-0.2, -0.15) is 0 Å². The Labute approximate surface area is 121 Å². The molecule has 1 aromatic carbocycles. The van der Waals surface area contributed by atoms with Crippen molar-refractivity contribution in [2.75, 3.05) is 30.8 Å². The molecule has 2 aliphatic heterocycles. The predicted octanol–water partition coefficient (Wildman–Crippen LogP) is 3.47. The minimum absolute atomic E-state index is 0.683. The Morgan fingerprint density at radius 1 is 1.26 bits per heavy atom. The maximum atomic E-state index is 2.71. The van der Waals surface area contributed by atoms with Crippen molar-refractivity contribution in [3.8, 4) is 0 Å². The summed E-state index contributed by atoms with van der Waals surface area (Å²) in [6.45, 7) is 6.12. The van der Waals surface area contributed by atoms with E-state index < -0.39 is 0 Å². The standard InChI is InChI=1S/C16H24N2S/c1-3-13-11-17-10-6-7-14(17)12-18(13)15-8-4-5-9-16(15)19-2/h4-5,8-9,13-14H,3,6-7,10-12H2,1-2H3. The first-order chi connectivity index (χ1) is 9.33. The molecule has 2 fully saturated rings. The highest BCUT2D eigenvalue weighted by molar-refractivity contribution is 7.98. The number of rotatable bonds is 3. The van der Waals surface area contributed by atoms with Crippen LogP contribution in [0.5, 0.6) is 0 Å². The molecular weight excluding hydrogens is 252 g/mol. The minimum atomic E-state index is 0.683. The highest BCUT2D eigenvalue weighted by Gasteiger charge is 2.36. The Kier molecular flexibility index (Phi) is 4.04. The maximum Gasteiger partial charge on any atom is 0.0507 e. The molecule has 0 saturated carbocycles. The summed E-state index contributed by atoms with van der Waals surface area (Å²) in [5, 5.41) is 0. The lowest BCUT2D eigenvalue weighted by Gasteiger charge is -2.45. The minimum Gasteiger partial charge on any atom is -0.365 e. The molecule has 19 heavy (non-hydrogen) atoms. The maximum absolute atomic E-state index is 2.71. The summed E-state index contributed by atoms with van der Waals surface area (Å²) in [6.07, 6.45) is 6.20. The SMILES string of the molecule is CCC1CN2CCCC2CN1c1ccccc1SC. The van der Waals surface area contributed by atoms with Gasteiger partial charge in [0.1, 0.15) is 0 Å². The van der Waals surface area contributed by atoms with E-state index in [1.54, 1.807) is 0 Å². The van der Waals surface area contributed by atoms with Crippen molar-refractivity contribution in [1.29, 1.82) is 0 Å². The summed E-state index contributed by atoms with van der Waals surface area (Å²) < 4.78 is 0. The Morgan fingerprint density at radius 3 is 2.89 bits per heavy atom. The van der Waals surface area contributed by atoms with Crippen LogP contribution in [0.25, 0.3) is 0 Å². The van der Waals surface area contributed by atoms with Crippen LogP contribution < -0.4 is 4.90 Å². The molecule has 0 aromatic heterocycles. The molecule has 104 valence electrons. The first-order valence-corrected chi connectivity index (χ1v) is 8.69. The van der Waals surface area contributed by atoms with Gasteiger partial charge in [-0.3, -0.25) is 4.90 Å². The van der Waals surface area contributed by atoms with E-state index in [4.69, 9.17) is 0 Å². The lowest BCUT2D eigenvalue weighted by molar-refractivity contribution is 0.194. The normalized spacial score (nSPS) is 27.6. The van der Waals surface area contributed by atoms with Gasteiger partial charge in [0, 0.05) is 30.1 Å². The summed E-state index contributed by atoms with van der Waals surface area (Å²) in [6, 6.07) is 10.4. The van der Waals surface area contributed by atoms with Crippen LogP contribution in [0.1, 0.15) is 26.2 Å². The van der Waals surface area contributed by atoms with E-state index in [0.717, 1.165) is 6.04 Å². The lowest BCUT2D eigenvalue weighted by atomic mass is 10.0. The fraction of sp³-hybridized carbons (Fsp3) is 0.625. The molecule has 0 spiro atoms. The molecule has 1 aromatic rings. The molecule has 3 rings (SSSR count). The molecule has 2 heterocycles. The number of para-hydroxylation sites is 1. The molecule has 0 N–H and O–H groups in total. The molecule has 0 radical (unpaired) electrons. The molecule has 2 saturated heterocycles. The Hall–Kier alpha value is -0.670. The van der Waals surface area contributed by atoms with E-state index >= 15 is 0 Å². The smallest absolute Gasteiger partial charge is 0.0507 e. The zero-order chi connectivity index (χ0) is 13.2. The van der Waals surface area contributed by atoms with Gasteiger partial charge in [-0.05, 0) is 44.2 Å². The largest absolute Gasteiger partial charge is 0.365 e. The second kappa shape index (κ2) is 5.76. The third-order valence-electron chi connectivity index (χ3n) is 4.66. The van der Waals surface area contributed by atoms with E-state index in [9.17, 15) is 0 Å². The van der Waals surface area contributed by atoms with Gasteiger partial charge in [0.15, 0.2) is 0 Å². The topological polar surface area (TPSA) is 6.48 Å². The first kappa shape index (κ1) is 13.3. The molecule has 0 bridgehead atoms. The highest BCUT2D eigenvalue weighted by Crippen LogP contribution is 2.34. The fourth-order valence-electron chi connectivity index (χ4n) is 3.60. The second-order valence-corrected chi connectivity index (χ2v) is 6.53. The molecule has 0 aliphatic carbocycles. The number of benzene rings is 1. The zero-order valence-corrected chi connectivity index (χ0v) is 12.8. The molecule has 2 atom stereocenters. The first-order valence-electron chi connectivity index (χ1n) is 7.47. The molecule has 3 heteroatoms. The number of fused-ring (bicyclic) bond motifs is 1. The lowest BCUT2D eigenvalue weighted by Crippen LogP contribution is -2.56. The summed E-state index contributed by atoms with van der Waals surface area (Å²) in [4.78, 5) is 6.82. The molecule has 2 aliphatic rings. The van der Waals surface area contributed by atoms with Crippen molar-refractivity contribution in [1.82, 2.24) is 4.90 Å². The van der Waals surface area contributed by atoms with Gasteiger partial charge in [-0.25, -0.2) is 0 Å². The van der Waals surface area contributed by atoms with Gasteiger partial charge < -0.3 is 4.90 Å². The number of thioether (sulfide) groups is 1. The number of hydrogen-bond acceptors (Lipinski definition) is 3. The van der Waals surface area contributed by atoms with Crippen LogP contribution in [0.4, 0.5) is 5.69 Å². The molecule has 0 amide bonds. The van der Waals surface area contributed by atoms with E-state index in [0.29, 0.717) is 6.04 Å². The van der Waals surface area contributed by atoms with E-state index in [1.807, 2.05) is 11.8 Å². The summed E-state index contributed by atoms with van der Waals surface area (Å²) in [7, 11) is 0. The van der Waals surface area contributed by atoms with Crippen molar-refractivity contribution >= 4 is 17.4 Å². The predicted molar refractivity (Wildman–Crippen MR) is 84.2 cm³/mol. The molecule has 2 unspecified atom stereocenters. The van der Waals surface area contributed by atoms with E-state index in [1.165, 1.54) is 49.5 Å². The Balaban J connectivity index is 1.88. The monoisotopic (exact) mass is 276 g/mol. The van der Waals surface area contributed by atoms with Crippen molar-refractivity contribution in [2.45, 2.75) is 43.2 Å². The van der Waals surface area contributed by atoms with Crippen LogP contribution in [0, 0.1) is 0 Å². The Bertz CT molecular complexity index is 435. The number of nitrogens with zero attached hydrogens (tertiary/aromatic N) is 2. The van der Waals surface area contributed by atoms with Crippen LogP contribution in [0.2, 0.25) is 0 Å². The summed E-state index contributed by atoms with van der Waals surface area (Å²) in [5.41, 5.74) is 1.45. The van der Waals surface area contributed by atoms with Crippen molar-refractivity contribution in [2.24, 2.45) is 0 Å². The van der Waals surface area contributed by atoms with Crippen molar-refractivity contribution in [3.05, 3.63) is 24.3 Å². The van der Waals surface area contributed by atoms with Gasteiger partial charge in [-0.1, -0.05) is 19.1 Å². The third kappa shape index (κ3) is 2.50.